The van der Waals surface area contributed by atoms with Gasteiger partial charge >= 0.3 is 0 Å². The van der Waals surface area contributed by atoms with E-state index in [-0.39, 0.29) is 28.5 Å². The maximum atomic E-state index is 11.9. The molecule has 1 aliphatic rings. The van der Waals surface area contributed by atoms with Gasteiger partial charge in [-0.2, -0.15) is 4.98 Å². The van der Waals surface area contributed by atoms with E-state index >= 15 is 0 Å². The Hall–Kier alpha value is -1.57. The number of nitrogens with two attached hydrogens (primary N) is 1. The summed E-state index contributed by atoms with van der Waals surface area (Å²) in [6, 6.07) is -0.927. The highest BCUT2D eigenvalue weighted by Gasteiger charge is 2.48. The highest BCUT2D eigenvalue weighted by atomic mass is 16.3. The lowest BCUT2D eigenvalue weighted by Crippen LogP contribution is -2.55. The molecule has 12 heteroatoms. The Kier molecular flexibility index (Phi) is 6.24. The van der Waals surface area contributed by atoms with Gasteiger partial charge in [-0.05, 0) is 26.7 Å². The van der Waals surface area contributed by atoms with Crippen molar-refractivity contribution >= 4 is 62.5 Å². The summed E-state index contributed by atoms with van der Waals surface area (Å²) in [4.78, 5) is 20.3. The molecule has 1 aromatic heterocycles. The van der Waals surface area contributed by atoms with E-state index < -0.39 is 40.8 Å². The summed E-state index contributed by atoms with van der Waals surface area (Å²) >= 11 is 0. The highest BCUT2D eigenvalue weighted by Crippen LogP contribution is 2.51. The van der Waals surface area contributed by atoms with Crippen LogP contribution in [-0.4, -0.2) is 77.9 Å². The van der Waals surface area contributed by atoms with E-state index in [9.17, 15) is 9.90 Å². The molecular weight excluding hydrogens is 348 g/mol. The Morgan fingerprint density at radius 2 is 1.79 bits per heavy atom. The van der Waals surface area contributed by atoms with Crippen molar-refractivity contribution in [2.75, 3.05) is 10.6 Å². The first-order chi connectivity index (χ1) is 12.7. The molecule has 1 aliphatic carbocycles. The summed E-state index contributed by atoms with van der Waals surface area (Å²) < 4.78 is 0. The molecule has 1 heterocycles. The number of anilines is 2. The van der Waals surface area contributed by atoms with Crippen LogP contribution < -0.4 is 22.0 Å². The van der Waals surface area contributed by atoms with E-state index in [1.165, 1.54) is 0 Å². The quantitative estimate of drug-likeness (QED) is 0.492. The van der Waals surface area contributed by atoms with E-state index in [1.54, 1.807) is 6.92 Å². The van der Waals surface area contributed by atoms with Gasteiger partial charge in [0.25, 0.3) is 5.91 Å². The molecule has 0 bridgehead atoms. The summed E-state index contributed by atoms with van der Waals surface area (Å²) in [7, 11) is 30.7. The number of nitrogens with one attached hydrogen (secondary N) is 2. The predicted octanol–water partition coefficient (Wildman–Crippen LogP) is -1.26. The van der Waals surface area contributed by atoms with Crippen molar-refractivity contribution in [2.45, 2.75) is 62.2 Å². The molecule has 0 spiro atoms. The van der Waals surface area contributed by atoms with Crippen LogP contribution in [0, 0.1) is 5.92 Å². The molecule has 138 valence electrons. The minimum Gasteiger partial charge on any atom is -0.394 e. The molecule has 1 aromatic rings. The first-order valence-electron chi connectivity index (χ1n) is 8.95. The highest BCUT2D eigenvalue weighted by molar-refractivity contribution is 6.42. The lowest BCUT2D eigenvalue weighted by molar-refractivity contribution is 0.0613. The van der Waals surface area contributed by atoms with Crippen molar-refractivity contribution in [1.29, 1.82) is 0 Å². The number of rotatable bonds is 4. The van der Waals surface area contributed by atoms with Gasteiger partial charge in [-0.25, -0.2) is 4.98 Å². The second-order valence-electron chi connectivity index (χ2n) is 8.48. The van der Waals surface area contributed by atoms with Gasteiger partial charge in [0, 0.05) is 23.3 Å². The number of carbonyl (C=O) groups is 1. The summed E-state index contributed by atoms with van der Waals surface area (Å²) in [6.07, 6.45) is -1.15. The SMILES string of the molecule is [B]c1nc(NC(C)(C)C)nc(NC2C([B])C([B])C(C)C(O)C2([B])[B])c1C(N)=O. The number of aliphatic hydroxyl groups excluding tert-OH is 1. The number of amides is 1. The largest absolute Gasteiger partial charge is 0.394 e. The topological polar surface area (TPSA) is 113 Å². The minimum absolute atomic E-state index is 0.00132. The smallest absolute Gasteiger partial charge is 0.253 e. The molecule has 5 atom stereocenters. The molecule has 0 aliphatic heterocycles. The van der Waals surface area contributed by atoms with Gasteiger partial charge in [-0.3, -0.25) is 4.79 Å². The van der Waals surface area contributed by atoms with Gasteiger partial charge in [-0.15, -0.1) is 0 Å². The van der Waals surface area contributed by atoms with Crippen LogP contribution in [-0.2, 0) is 0 Å². The lowest BCUT2D eigenvalue weighted by Gasteiger charge is -2.54. The lowest BCUT2D eigenvalue weighted by atomic mass is 9.35. The number of nitrogens with zero attached hydrogens (tertiary/aromatic N) is 2. The third kappa shape index (κ3) is 4.37. The van der Waals surface area contributed by atoms with Crippen molar-refractivity contribution in [1.82, 2.24) is 9.97 Å². The minimum atomic E-state index is -1.65. The zero-order chi connectivity index (χ0) is 21.6. The molecule has 1 saturated carbocycles. The Morgan fingerprint density at radius 3 is 2.29 bits per heavy atom. The van der Waals surface area contributed by atoms with E-state index in [0.717, 1.165) is 0 Å². The average molecular weight is 370 g/mol. The Labute approximate surface area is 172 Å². The third-order valence-corrected chi connectivity index (χ3v) is 4.95. The van der Waals surface area contributed by atoms with Crippen LogP contribution in [0.25, 0.3) is 0 Å². The van der Waals surface area contributed by atoms with E-state index in [4.69, 9.17) is 45.0 Å². The van der Waals surface area contributed by atoms with Crippen LogP contribution in [0.3, 0.4) is 0 Å². The van der Waals surface area contributed by atoms with Gasteiger partial charge in [0.1, 0.15) is 13.7 Å². The second-order valence-corrected chi connectivity index (χ2v) is 8.48. The first kappa shape index (κ1) is 22.7. The number of hydrogen-bond acceptors (Lipinski definition) is 6. The molecule has 0 aromatic carbocycles. The molecule has 5 unspecified atom stereocenters. The summed E-state index contributed by atoms with van der Waals surface area (Å²) in [5.74, 6) is -2.46. The molecule has 1 amide bonds. The third-order valence-electron chi connectivity index (χ3n) is 4.95. The van der Waals surface area contributed by atoms with Crippen LogP contribution in [0.2, 0.25) is 16.8 Å². The first-order valence-corrected chi connectivity index (χ1v) is 8.95. The van der Waals surface area contributed by atoms with E-state index in [1.807, 2.05) is 20.8 Å². The number of aromatic nitrogens is 2. The fourth-order valence-electron chi connectivity index (χ4n) is 3.34. The fraction of sp³-hybridized carbons (Fsp3) is 0.688. The average Bonchev–Trinajstić information content (AvgIpc) is 2.53. The monoisotopic (exact) mass is 371 g/mol. The number of hydrogen-bond donors (Lipinski definition) is 4. The van der Waals surface area contributed by atoms with Gasteiger partial charge in [-0.1, -0.05) is 23.8 Å². The molecule has 7 nitrogen and oxygen atoms in total. The van der Waals surface area contributed by atoms with Crippen LogP contribution >= 0.6 is 0 Å². The van der Waals surface area contributed by atoms with Crippen LogP contribution in [0.5, 0.6) is 0 Å². The van der Waals surface area contributed by atoms with Crippen molar-refractivity contribution in [2.24, 2.45) is 11.7 Å². The predicted molar refractivity (Wildman–Crippen MR) is 115 cm³/mol. The van der Waals surface area contributed by atoms with Gasteiger partial charge in [0.2, 0.25) is 5.95 Å². The summed E-state index contributed by atoms with van der Waals surface area (Å²) in [6.45, 7) is 7.42. The Morgan fingerprint density at radius 1 is 1.21 bits per heavy atom. The Balaban J connectivity index is 2.52. The molecule has 2 rings (SSSR count). The maximum absolute atomic E-state index is 11.9. The van der Waals surface area contributed by atoms with Crippen LogP contribution in [0.4, 0.5) is 11.8 Å². The van der Waals surface area contributed by atoms with Crippen molar-refractivity contribution in [3.8, 4) is 0 Å². The molecule has 10 radical (unpaired) electrons. The summed E-state index contributed by atoms with van der Waals surface area (Å²) in [5.41, 5.74) is 4.81. The molecule has 5 N–H and O–H groups in total. The number of primary amides is 1. The van der Waals surface area contributed by atoms with Gasteiger partial charge in [0.05, 0.1) is 36.9 Å². The van der Waals surface area contributed by atoms with Gasteiger partial charge in [0.15, 0.2) is 0 Å². The second kappa shape index (κ2) is 7.69. The van der Waals surface area contributed by atoms with E-state index in [2.05, 4.69) is 20.6 Å². The molecule has 0 saturated heterocycles. The number of aliphatic hydroxyl groups is 1. The standard InChI is InChI=1S/C16H22B5N5O2/c1-5-7(17)8(18)9(16(20,21)10(5)27)23-13-6(12(22)28)11(19)24-14(25-13)26-15(2,3)4/h5,7-10,27H,1-4H3,(H2,22,28)(H2,23,24,25,26). The van der Waals surface area contributed by atoms with Crippen LogP contribution in [0.1, 0.15) is 38.1 Å². The van der Waals surface area contributed by atoms with Gasteiger partial charge < -0.3 is 21.5 Å². The maximum Gasteiger partial charge on any atom is 0.253 e. The van der Waals surface area contributed by atoms with Crippen molar-refractivity contribution in [3.63, 3.8) is 0 Å². The van der Waals surface area contributed by atoms with Crippen LogP contribution in [0.15, 0.2) is 0 Å². The van der Waals surface area contributed by atoms with Crippen molar-refractivity contribution in [3.05, 3.63) is 5.56 Å². The summed E-state index contributed by atoms with van der Waals surface area (Å²) in [5, 5.41) is 14.8. The zero-order valence-corrected chi connectivity index (χ0v) is 16.6. The Bertz CT molecular complexity index is 758. The van der Waals surface area contributed by atoms with E-state index in [0.29, 0.717) is 0 Å². The number of carbonyl (C=O) groups excluding carboxylic acids is 1. The molecule has 28 heavy (non-hydrogen) atoms. The fourth-order valence-corrected chi connectivity index (χ4v) is 3.34. The molecular formula is C16H22B5N5O2. The molecule has 1 fully saturated rings. The zero-order valence-electron chi connectivity index (χ0n) is 16.6. The van der Waals surface area contributed by atoms with Crippen molar-refractivity contribution < 1.29 is 9.90 Å². The normalized spacial score (nSPS) is 29.8.